The molecule has 0 radical (unpaired) electrons. The van der Waals surface area contributed by atoms with E-state index in [1.165, 1.54) is 20.2 Å². The summed E-state index contributed by atoms with van der Waals surface area (Å²) in [4.78, 5) is 21.5. The van der Waals surface area contributed by atoms with Crippen LogP contribution in [0.25, 0.3) is 0 Å². The fourth-order valence-electron chi connectivity index (χ4n) is 0.532. The average molecular weight is 156 g/mol. The maximum atomic E-state index is 10.8. The summed E-state index contributed by atoms with van der Waals surface area (Å²) in [6, 6.07) is 0. The summed E-state index contributed by atoms with van der Waals surface area (Å²) in [5.41, 5.74) is 0.395. The van der Waals surface area contributed by atoms with E-state index < -0.39 is 0 Å². The lowest BCUT2D eigenvalue weighted by molar-refractivity contribution is -0.119. The van der Waals surface area contributed by atoms with E-state index in [1.807, 2.05) is 0 Å². The van der Waals surface area contributed by atoms with Gasteiger partial charge in [0.1, 0.15) is 0 Å². The third-order valence-electron chi connectivity index (χ3n) is 1.18. The molecule has 0 atom stereocenters. The van der Waals surface area contributed by atoms with Crippen LogP contribution in [0.4, 0.5) is 0 Å². The molecular formula is C7H12N2O2. The van der Waals surface area contributed by atoms with Crippen LogP contribution in [-0.2, 0) is 9.59 Å². The van der Waals surface area contributed by atoms with Gasteiger partial charge in [-0.15, -0.1) is 0 Å². The predicted molar refractivity (Wildman–Crippen MR) is 41.9 cm³/mol. The van der Waals surface area contributed by atoms with Crippen LogP contribution in [0, 0.1) is 0 Å². The Morgan fingerprint density at radius 3 is 2.09 bits per heavy atom. The van der Waals surface area contributed by atoms with Crippen LogP contribution in [-0.4, -0.2) is 25.9 Å². The molecule has 0 fully saturated rings. The van der Waals surface area contributed by atoms with Crippen molar-refractivity contribution in [3.8, 4) is 0 Å². The molecule has 0 aliphatic carbocycles. The van der Waals surface area contributed by atoms with Gasteiger partial charge >= 0.3 is 0 Å². The Morgan fingerprint density at radius 2 is 1.73 bits per heavy atom. The minimum Gasteiger partial charge on any atom is -0.356 e. The molecular weight excluding hydrogens is 144 g/mol. The van der Waals surface area contributed by atoms with Gasteiger partial charge < -0.3 is 10.6 Å². The molecule has 62 valence electrons. The molecule has 2 N–H and O–H groups in total. The molecule has 0 aliphatic heterocycles. The van der Waals surface area contributed by atoms with Crippen LogP contribution in [0.3, 0.4) is 0 Å². The first-order valence-electron chi connectivity index (χ1n) is 3.24. The van der Waals surface area contributed by atoms with Crippen molar-refractivity contribution in [3.63, 3.8) is 0 Å². The lowest BCUT2D eigenvalue weighted by atomic mass is 10.2. The maximum Gasteiger partial charge on any atom is 0.246 e. The Hall–Kier alpha value is -1.32. The third-order valence-corrected chi connectivity index (χ3v) is 1.18. The Labute approximate surface area is 65.7 Å². The molecule has 0 aromatic rings. The zero-order chi connectivity index (χ0) is 8.85. The van der Waals surface area contributed by atoms with Crippen molar-refractivity contribution in [2.75, 3.05) is 14.1 Å². The van der Waals surface area contributed by atoms with Gasteiger partial charge in [0.05, 0.1) is 0 Å². The van der Waals surface area contributed by atoms with Gasteiger partial charge in [-0.1, -0.05) is 0 Å². The number of hydrogen-bond donors (Lipinski definition) is 2. The third kappa shape index (κ3) is 3.40. The molecule has 0 aromatic heterocycles. The molecule has 0 saturated heterocycles. The summed E-state index contributed by atoms with van der Waals surface area (Å²) in [7, 11) is 3.03. The van der Waals surface area contributed by atoms with Crippen LogP contribution in [0.1, 0.15) is 6.92 Å². The number of rotatable bonds is 2. The first kappa shape index (κ1) is 9.68. The van der Waals surface area contributed by atoms with Gasteiger partial charge in [0, 0.05) is 25.7 Å². The van der Waals surface area contributed by atoms with Gasteiger partial charge in [-0.05, 0) is 6.92 Å². The Kier molecular flexibility index (Phi) is 3.95. The molecule has 0 spiro atoms. The second-order valence-electron chi connectivity index (χ2n) is 2.02. The van der Waals surface area contributed by atoms with Gasteiger partial charge in [0.15, 0.2) is 0 Å². The van der Waals surface area contributed by atoms with Crippen molar-refractivity contribution in [1.82, 2.24) is 10.6 Å². The van der Waals surface area contributed by atoms with Gasteiger partial charge in [-0.3, -0.25) is 9.59 Å². The highest BCUT2D eigenvalue weighted by molar-refractivity contribution is 6.00. The normalized spacial score (nSPS) is 10.6. The van der Waals surface area contributed by atoms with Crippen LogP contribution in [0.5, 0.6) is 0 Å². The van der Waals surface area contributed by atoms with E-state index in [9.17, 15) is 9.59 Å². The number of likely N-dealkylation sites (N-methyl/N-ethyl adjacent to an activating group) is 2. The van der Waals surface area contributed by atoms with E-state index in [4.69, 9.17) is 0 Å². The zero-order valence-electron chi connectivity index (χ0n) is 6.89. The summed E-state index contributed by atoms with van der Waals surface area (Å²) < 4.78 is 0. The van der Waals surface area contributed by atoms with Crippen LogP contribution in [0.2, 0.25) is 0 Å². The van der Waals surface area contributed by atoms with Crippen LogP contribution in [0.15, 0.2) is 11.6 Å². The molecule has 0 aliphatic rings. The molecule has 0 bridgehead atoms. The fraction of sp³-hybridized carbons (Fsp3) is 0.429. The molecule has 0 aromatic carbocycles. The lowest BCUT2D eigenvalue weighted by Gasteiger charge is -1.97. The molecule has 0 rings (SSSR count). The number of carbonyl (C=O) groups is 2. The van der Waals surface area contributed by atoms with Crippen LogP contribution < -0.4 is 10.6 Å². The predicted octanol–water partition coefficient (Wildman–Crippen LogP) is -0.575. The summed E-state index contributed by atoms with van der Waals surface area (Å²) in [5.74, 6) is -0.514. The zero-order valence-corrected chi connectivity index (χ0v) is 6.89. The quantitative estimate of drug-likeness (QED) is 0.526. The monoisotopic (exact) mass is 156 g/mol. The second-order valence-corrected chi connectivity index (χ2v) is 2.02. The number of amides is 2. The van der Waals surface area contributed by atoms with E-state index in [1.54, 1.807) is 6.92 Å². The Balaban J connectivity index is 4.21. The minimum absolute atomic E-state index is 0.242. The molecule has 4 heteroatoms. The summed E-state index contributed by atoms with van der Waals surface area (Å²) in [6.07, 6.45) is 1.25. The van der Waals surface area contributed by atoms with Gasteiger partial charge in [0.25, 0.3) is 0 Å². The molecule has 4 nitrogen and oxygen atoms in total. The number of carbonyl (C=O) groups excluding carboxylic acids is 2. The maximum absolute atomic E-state index is 10.8. The highest BCUT2D eigenvalue weighted by Crippen LogP contribution is 1.90. The first-order chi connectivity index (χ1) is 5.11. The highest BCUT2D eigenvalue weighted by Gasteiger charge is 2.01. The fourth-order valence-corrected chi connectivity index (χ4v) is 0.532. The van der Waals surface area contributed by atoms with E-state index in [0.717, 1.165) is 0 Å². The molecule has 11 heavy (non-hydrogen) atoms. The van der Waals surface area contributed by atoms with E-state index in [-0.39, 0.29) is 11.8 Å². The molecule has 0 unspecified atom stereocenters. The van der Waals surface area contributed by atoms with Crippen molar-refractivity contribution >= 4 is 11.8 Å². The standard InChI is InChI=1S/C7H12N2O2/c1-5(7(11)9-3)4-6(10)8-2/h4H,1-3H3,(H,8,10)(H,9,11). The lowest BCUT2D eigenvalue weighted by Crippen LogP contribution is -2.21. The molecule has 0 heterocycles. The Morgan fingerprint density at radius 1 is 1.18 bits per heavy atom. The molecule has 0 saturated carbocycles. The van der Waals surface area contributed by atoms with E-state index in [2.05, 4.69) is 10.6 Å². The summed E-state index contributed by atoms with van der Waals surface area (Å²) >= 11 is 0. The number of nitrogens with one attached hydrogen (secondary N) is 2. The summed E-state index contributed by atoms with van der Waals surface area (Å²) in [5, 5.41) is 4.79. The van der Waals surface area contributed by atoms with Gasteiger partial charge in [-0.2, -0.15) is 0 Å². The van der Waals surface area contributed by atoms with E-state index >= 15 is 0 Å². The SMILES string of the molecule is CNC(=O)C=C(C)C(=O)NC. The van der Waals surface area contributed by atoms with Gasteiger partial charge in [-0.25, -0.2) is 0 Å². The largest absolute Gasteiger partial charge is 0.356 e. The average Bonchev–Trinajstić information content (AvgIpc) is 2.02. The van der Waals surface area contributed by atoms with Gasteiger partial charge in [0.2, 0.25) is 11.8 Å². The van der Waals surface area contributed by atoms with Crippen molar-refractivity contribution < 1.29 is 9.59 Å². The Bertz CT molecular complexity index is 197. The highest BCUT2D eigenvalue weighted by atomic mass is 16.2. The second kappa shape index (κ2) is 4.49. The first-order valence-corrected chi connectivity index (χ1v) is 3.24. The minimum atomic E-state index is -0.272. The van der Waals surface area contributed by atoms with Crippen LogP contribution >= 0.6 is 0 Å². The van der Waals surface area contributed by atoms with Crippen molar-refractivity contribution in [1.29, 1.82) is 0 Å². The molecule has 2 amide bonds. The van der Waals surface area contributed by atoms with Crippen molar-refractivity contribution in [2.24, 2.45) is 0 Å². The van der Waals surface area contributed by atoms with E-state index in [0.29, 0.717) is 5.57 Å². The summed E-state index contributed by atoms with van der Waals surface area (Å²) in [6.45, 7) is 1.58. The topological polar surface area (TPSA) is 58.2 Å². The number of hydrogen-bond acceptors (Lipinski definition) is 2. The van der Waals surface area contributed by atoms with Crippen molar-refractivity contribution in [3.05, 3.63) is 11.6 Å². The smallest absolute Gasteiger partial charge is 0.246 e. The van der Waals surface area contributed by atoms with Crippen molar-refractivity contribution in [2.45, 2.75) is 6.92 Å².